The fourth-order valence-corrected chi connectivity index (χ4v) is 3.38. The standard InChI is InChI=1S/C17H22BN3O/c1-17(2,3)16-19-13(15(22)20(16)4)9-11-10-21(18)14-8-6-5-7-12(11)14/h5-8,10,13,16,19H,9H2,1-4H3/t13-,16?/m0/s1. The molecule has 22 heavy (non-hydrogen) atoms. The number of carbonyl (C=O) groups is 1. The molecule has 0 spiro atoms. The van der Waals surface area contributed by atoms with E-state index >= 15 is 0 Å². The number of para-hydroxylation sites is 1. The first-order valence-electron chi connectivity index (χ1n) is 7.66. The fourth-order valence-electron chi connectivity index (χ4n) is 3.38. The van der Waals surface area contributed by atoms with Crippen LogP contribution in [0.25, 0.3) is 10.9 Å². The Bertz CT molecular complexity index is 716. The Morgan fingerprint density at radius 3 is 2.59 bits per heavy atom. The summed E-state index contributed by atoms with van der Waals surface area (Å²) in [5, 5.41) is 4.59. The van der Waals surface area contributed by atoms with Crippen LogP contribution in [0.3, 0.4) is 0 Å². The van der Waals surface area contributed by atoms with Crippen LogP contribution in [-0.4, -0.2) is 42.5 Å². The second kappa shape index (κ2) is 5.16. The first-order chi connectivity index (χ1) is 10.3. The van der Waals surface area contributed by atoms with E-state index < -0.39 is 0 Å². The van der Waals surface area contributed by atoms with Crippen molar-refractivity contribution in [3.63, 3.8) is 0 Å². The van der Waals surface area contributed by atoms with E-state index in [1.54, 1.807) is 4.48 Å². The quantitative estimate of drug-likeness (QED) is 0.860. The molecule has 4 nitrogen and oxygen atoms in total. The molecule has 114 valence electrons. The molecule has 1 N–H and O–H groups in total. The molecule has 0 saturated carbocycles. The van der Waals surface area contributed by atoms with Crippen molar-refractivity contribution in [3.05, 3.63) is 36.0 Å². The summed E-state index contributed by atoms with van der Waals surface area (Å²) >= 11 is 0. The van der Waals surface area contributed by atoms with Gasteiger partial charge in [0.2, 0.25) is 13.9 Å². The average molecular weight is 295 g/mol. The molecule has 1 unspecified atom stereocenters. The lowest BCUT2D eigenvalue weighted by molar-refractivity contribution is -0.129. The van der Waals surface area contributed by atoms with Gasteiger partial charge in [-0.2, -0.15) is 0 Å². The summed E-state index contributed by atoms with van der Waals surface area (Å²) < 4.78 is 1.63. The van der Waals surface area contributed by atoms with Gasteiger partial charge >= 0.3 is 0 Å². The van der Waals surface area contributed by atoms with Crippen LogP contribution in [-0.2, 0) is 11.2 Å². The third kappa shape index (κ3) is 2.43. The van der Waals surface area contributed by atoms with E-state index in [0.29, 0.717) is 6.42 Å². The highest BCUT2D eigenvalue weighted by Gasteiger charge is 2.42. The monoisotopic (exact) mass is 295 g/mol. The van der Waals surface area contributed by atoms with Crippen LogP contribution in [0.5, 0.6) is 0 Å². The molecule has 0 aliphatic carbocycles. The molecule has 2 radical (unpaired) electrons. The van der Waals surface area contributed by atoms with Gasteiger partial charge in [0.05, 0.1) is 12.2 Å². The molecule has 2 atom stereocenters. The van der Waals surface area contributed by atoms with Gasteiger partial charge in [0.15, 0.2) is 0 Å². The van der Waals surface area contributed by atoms with E-state index in [9.17, 15) is 4.79 Å². The summed E-state index contributed by atoms with van der Waals surface area (Å²) in [5.74, 6) is 0.147. The van der Waals surface area contributed by atoms with Crippen LogP contribution >= 0.6 is 0 Å². The minimum Gasteiger partial charge on any atom is -0.403 e. The molecule has 5 heteroatoms. The second-order valence-corrected chi connectivity index (χ2v) is 7.22. The highest BCUT2D eigenvalue weighted by molar-refractivity contribution is 6.12. The number of nitrogens with one attached hydrogen (secondary N) is 1. The summed E-state index contributed by atoms with van der Waals surface area (Å²) in [4.78, 5) is 14.4. The van der Waals surface area contributed by atoms with E-state index in [0.717, 1.165) is 16.5 Å². The Hall–Kier alpha value is -1.75. The summed E-state index contributed by atoms with van der Waals surface area (Å²) in [5.41, 5.74) is 2.09. The van der Waals surface area contributed by atoms with Crippen molar-refractivity contribution in [1.82, 2.24) is 14.7 Å². The van der Waals surface area contributed by atoms with E-state index in [1.807, 2.05) is 36.3 Å². The first-order valence-corrected chi connectivity index (χ1v) is 7.66. The SMILES string of the molecule is [B]n1cc(C[C@@H]2NC(C(C)(C)C)N(C)C2=O)c2ccccc21. The van der Waals surface area contributed by atoms with Crippen LogP contribution < -0.4 is 5.32 Å². The van der Waals surface area contributed by atoms with Crippen molar-refractivity contribution in [2.45, 2.75) is 39.4 Å². The number of fused-ring (bicyclic) bond motifs is 1. The fraction of sp³-hybridized carbons (Fsp3) is 0.471. The Kier molecular flexibility index (Phi) is 3.56. The topological polar surface area (TPSA) is 37.3 Å². The third-order valence-electron chi connectivity index (χ3n) is 4.46. The molecule has 1 aromatic carbocycles. The van der Waals surface area contributed by atoms with E-state index in [-0.39, 0.29) is 23.5 Å². The van der Waals surface area contributed by atoms with Crippen molar-refractivity contribution >= 4 is 24.8 Å². The summed E-state index contributed by atoms with van der Waals surface area (Å²) in [7, 11) is 7.88. The van der Waals surface area contributed by atoms with Crippen molar-refractivity contribution in [2.75, 3.05) is 7.05 Å². The number of hydrogen-bond acceptors (Lipinski definition) is 2. The Morgan fingerprint density at radius 1 is 1.27 bits per heavy atom. The van der Waals surface area contributed by atoms with Crippen LogP contribution in [0.2, 0.25) is 0 Å². The number of benzene rings is 1. The molecule has 2 aromatic rings. The highest BCUT2D eigenvalue weighted by Crippen LogP contribution is 2.29. The molecule has 1 aliphatic rings. The molecule has 1 aliphatic heterocycles. The van der Waals surface area contributed by atoms with Crippen LogP contribution in [0.4, 0.5) is 0 Å². The van der Waals surface area contributed by atoms with Crippen LogP contribution in [0, 0.1) is 5.41 Å². The maximum Gasteiger partial charge on any atom is 0.241 e. The average Bonchev–Trinajstić information content (AvgIpc) is 2.92. The number of hydrogen-bond donors (Lipinski definition) is 1. The van der Waals surface area contributed by atoms with Gasteiger partial charge in [-0.3, -0.25) is 10.1 Å². The van der Waals surface area contributed by atoms with Crippen LogP contribution in [0.1, 0.15) is 26.3 Å². The van der Waals surface area contributed by atoms with Crippen molar-refractivity contribution in [3.8, 4) is 0 Å². The lowest BCUT2D eigenvalue weighted by Crippen LogP contribution is -2.45. The van der Waals surface area contributed by atoms with Crippen molar-refractivity contribution in [1.29, 1.82) is 0 Å². The summed E-state index contributed by atoms with van der Waals surface area (Å²) in [6.45, 7) is 6.42. The molecule has 1 saturated heterocycles. The molecule has 0 bridgehead atoms. The number of amides is 1. The lowest BCUT2D eigenvalue weighted by atomic mass is 9.92. The molecule has 2 heterocycles. The minimum absolute atomic E-state index is 0.00102. The zero-order chi connectivity index (χ0) is 16.1. The van der Waals surface area contributed by atoms with E-state index in [1.165, 1.54) is 0 Å². The Labute approximate surface area is 132 Å². The number of rotatable bonds is 2. The van der Waals surface area contributed by atoms with E-state index in [2.05, 4.69) is 32.2 Å². The predicted octanol–water partition coefficient (Wildman–Crippen LogP) is 1.92. The summed E-state index contributed by atoms with van der Waals surface area (Å²) in [6, 6.07) is 7.82. The van der Waals surface area contributed by atoms with Crippen molar-refractivity contribution in [2.24, 2.45) is 5.41 Å². The van der Waals surface area contributed by atoms with Gasteiger partial charge in [-0.1, -0.05) is 39.0 Å². The lowest BCUT2D eigenvalue weighted by Gasteiger charge is -2.32. The van der Waals surface area contributed by atoms with Gasteiger partial charge in [0, 0.05) is 18.0 Å². The zero-order valence-electron chi connectivity index (χ0n) is 13.6. The predicted molar refractivity (Wildman–Crippen MR) is 89.7 cm³/mol. The summed E-state index contributed by atoms with van der Waals surface area (Å²) in [6.07, 6.45) is 2.63. The van der Waals surface area contributed by atoms with Gasteiger partial charge in [0.25, 0.3) is 0 Å². The van der Waals surface area contributed by atoms with Gasteiger partial charge in [-0.05, 0) is 29.7 Å². The molecule has 3 rings (SSSR count). The third-order valence-corrected chi connectivity index (χ3v) is 4.46. The maximum absolute atomic E-state index is 12.5. The van der Waals surface area contributed by atoms with Gasteiger partial charge in [-0.25, -0.2) is 0 Å². The first kappa shape index (κ1) is 15.2. The molecular weight excluding hydrogens is 273 g/mol. The maximum atomic E-state index is 12.5. The number of aromatic nitrogens is 1. The number of likely N-dealkylation sites (N-methyl/N-ethyl adjacent to an activating group) is 1. The van der Waals surface area contributed by atoms with Gasteiger partial charge < -0.3 is 9.38 Å². The highest BCUT2D eigenvalue weighted by atomic mass is 16.2. The normalized spacial score (nSPS) is 22.7. The van der Waals surface area contributed by atoms with Crippen LogP contribution in [0.15, 0.2) is 30.5 Å². The largest absolute Gasteiger partial charge is 0.403 e. The van der Waals surface area contributed by atoms with Crippen molar-refractivity contribution < 1.29 is 4.79 Å². The second-order valence-electron chi connectivity index (χ2n) is 7.22. The molecular formula is C17H22BN3O. The van der Waals surface area contributed by atoms with Gasteiger partial charge in [0.1, 0.15) is 0 Å². The van der Waals surface area contributed by atoms with Gasteiger partial charge in [-0.15, -0.1) is 0 Å². The van der Waals surface area contributed by atoms with E-state index in [4.69, 9.17) is 7.98 Å². The minimum atomic E-state index is -0.194. The number of nitrogens with zero attached hydrogens (tertiary/aromatic N) is 2. The molecule has 1 amide bonds. The smallest absolute Gasteiger partial charge is 0.241 e. The Morgan fingerprint density at radius 2 is 1.95 bits per heavy atom. The molecule has 1 aromatic heterocycles. The number of carbonyl (C=O) groups excluding carboxylic acids is 1. The molecule has 1 fully saturated rings. The Balaban J connectivity index is 1.88. The zero-order valence-corrected chi connectivity index (χ0v) is 13.6.